The quantitative estimate of drug-likeness (QED) is 0.677. The van der Waals surface area contributed by atoms with Gasteiger partial charge in [0.25, 0.3) is 5.91 Å². The first-order valence-corrected chi connectivity index (χ1v) is 10.9. The molecule has 0 unspecified atom stereocenters. The molecule has 1 saturated carbocycles. The maximum atomic E-state index is 12.2. The zero-order valence-corrected chi connectivity index (χ0v) is 16.5. The lowest BCUT2D eigenvalue weighted by molar-refractivity contribution is -0.123. The highest BCUT2D eigenvalue weighted by atomic mass is 32.2. The Hall–Kier alpha value is -1.60. The normalized spacial score (nSPS) is 17.3. The van der Waals surface area contributed by atoms with E-state index < -0.39 is 10.0 Å². The first-order valence-electron chi connectivity index (χ1n) is 9.45. The number of amides is 1. The van der Waals surface area contributed by atoms with Crippen LogP contribution < -0.4 is 14.8 Å². The number of carbonyl (C=O) groups excluding carboxylic acids is 1. The number of hydrogen-bond donors (Lipinski definition) is 2. The molecule has 2 rings (SSSR count). The Kier molecular flexibility index (Phi) is 7.90. The predicted molar refractivity (Wildman–Crippen MR) is 102 cm³/mol. The Morgan fingerprint density at radius 2 is 1.77 bits per heavy atom. The van der Waals surface area contributed by atoms with Crippen molar-refractivity contribution in [2.45, 2.75) is 75.8 Å². The standard InChI is InChI=1S/C19H30N2O4S/c1-3-15(2)21-26(23,24)18-12-10-17(11-13-18)25-14-19(22)20-16-8-6-4-5-7-9-16/h10-13,15-16,21H,3-9,14H2,1-2H3,(H,20,22)/t15-/m1/s1. The highest BCUT2D eigenvalue weighted by Crippen LogP contribution is 2.18. The van der Waals surface area contributed by atoms with Crippen LogP contribution in [0.1, 0.15) is 58.8 Å². The molecule has 0 bridgehead atoms. The molecule has 2 N–H and O–H groups in total. The van der Waals surface area contributed by atoms with E-state index in [0.717, 1.165) is 32.1 Å². The summed E-state index contributed by atoms with van der Waals surface area (Å²) in [5, 5.41) is 3.02. The molecule has 1 amide bonds. The molecule has 1 atom stereocenters. The lowest BCUT2D eigenvalue weighted by Gasteiger charge is -2.16. The van der Waals surface area contributed by atoms with Crippen LogP contribution in [0.3, 0.4) is 0 Å². The van der Waals surface area contributed by atoms with Gasteiger partial charge in [0.15, 0.2) is 6.61 Å². The third kappa shape index (κ3) is 6.61. The molecule has 26 heavy (non-hydrogen) atoms. The molecule has 1 aromatic carbocycles. The minimum Gasteiger partial charge on any atom is -0.484 e. The average molecular weight is 383 g/mol. The van der Waals surface area contributed by atoms with E-state index in [4.69, 9.17) is 4.74 Å². The SMILES string of the molecule is CC[C@@H](C)NS(=O)(=O)c1ccc(OCC(=O)NC2CCCCCC2)cc1. The van der Waals surface area contributed by atoms with Crippen LogP contribution >= 0.6 is 0 Å². The van der Waals surface area contributed by atoms with Gasteiger partial charge in [-0.2, -0.15) is 0 Å². The Morgan fingerprint density at radius 1 is 1.15 bits per heavy atom. The van der Waals surface area contributed by atoms with Gasteiger partial charge in [-0.1, -0.05) is 32.6 Å². The second-order valence-corrected chi connectivity index (χ2v) is 8.66. The molecule has 0 heterocycles. The lowest BCUT2D eigenvalue weighted by Crippen LogP contribution is -2.37. The van der Waals surface area contributed by atoms with Gasteiger partial charge in [0.1, 0.15) is 5.75 Å². The summed E-state index contributed by atoms with van der Waals surface area (Å²) in [6.45, 7) is 3.68. The topological polar surface area (TPSA) is 84.5 Å². The molecule has 7 heteroatoms. The largest absolute Gasteiger partial charge is 0.484 e. The highest BCUT2D eigenvalue weighted by molar-refractivity contribution is 7.89. The van der Waals surface area contributed by atoms with Crippen LogP contribution in [0, 0.1) is 0 Å². The Morgan fingerprint density at radius 3 is 2.35 bits per heavy atom. The molecule has 0 aliphatic heterocycles. The number of benzene rings is 1. The monoisotopic (exact) mass is 382 g/mol. The minimum absolute atomic E-state index is 0.0618. The minimum atomic E-state index is -3.53. The smallest absolute Gasteiger partial charge is 0.258 e. The van der Waals surface area contributed by atoms with Crippen molar-refractivity contribution in [3.05, 3.63) is 24.3 Å². The fraction of sp³-hybridized carbons (Fsp3) is 0.632. The first kappa shape index (κ1) is 20.7. The van der Waals surface area contributed by atoms with E-state index in [1.807, 2.05) is 13.8 Å². The molecule has 1 fully saturated rings. The van der Waals surface area contributed by atoms with Crippen LogP contribution in [-0.4, -0.2) is 33.0 Å². The summed E-state index contributed by atoms with van der Waals surface area (Å²) in [6, 6.07) is 6.25. The molecule has 0 spiro atoms. The molecule has 1 aliphatic rings. The molecule has 1 aromatic rings. The third-order valence-electron chi connectivity index (χ3n) is 4.69. The zero-order chi connectivity index (χ0) is 19.0. The molecule has 146 valence electrons. The van der Waals surface area contributed by atoms with E-state index in [1.54, 1.807) is 12.1 Å². The van der Waals surface area contributed by atoms with Crippen molar-refractivity contribution in [3.63, 3.8) is 0 Å². The second-order valence-electron chi connectivity index (χ2n) is 6.95. The number of nitrogens with one attached hydrogen (secondary N) is 2. The van der Waals surface area contributed by atoms with Crippen LogP contribution in [0.5, 0.6) is 5.75 Å². The molecule has 0 saturated heterocycles. The van der Waals surface area contributed by atoms with Gasteiger partial charge in [-0.15, -0.1) is 0 Å². The summed E-state index contributed by atoms with van der Waals surface area (Å²) in [5.41, 5.74) is 0. The number of hydrogen-bond acceptors (Lipinski definition) is 4. The third-order valence-corrected chi connectivity index (χ3v) is 6.30. The van der Waals surface area contributed by atoms with E-state index in [2.05, 4.69) is 10.0 Å². The summed E-state index contributed by atoms with van der Waals surface area (Å²) in [5.74, 6) is 0.343. The van der Waals surface area contributed by atoms with Crippen molar-refractivity contribution in [3.8, 4) is 5.75 Å². The van der Waals surface area contributed by atoms with E-state index >= 15 is 0 Å². The van der Waals surface area contributed by atoms with Gasteiger partial charge in [-0.25, -0.2) is 13.1 Å². The van der Waals surface area contributed by atoms with Gasteiger partial charge < -0.3 is 10.1 Å². The first-order chi connectivity index (χ1) is 12.4. The summed E-state index contributed by atoms with van der Waals surface area (Å²) in [7, 11) is -3.53. The summed E-state index contributed by atoms with van der Waals surface area (Å²) in [4.78, 5) is 12.2. The molecule has 6 nitrogen and oxygen atoms in total. The Bertz CT molecular complexity index is 665. The number of carbonyl (C=O) groups is 1. The summed E-state index contributed by atoms with van der Waals surface area (Å²) >= 11 is 0. The number of sulfonamides is 1. The van der Waals surface area contributed by atoms with Crippen LogP contribution in [0.2, 0.25) is 0 Å². The van der Waals surface area contributed by atoms with Gasteiger partial charge in [-0.3, -0.25) is 4.79 Å². The molecule has 1 aliphatic carbocycles. The maximum absolute atomic E-state index is 12.2. The Labute approximate surface area is 156 Å². The molecule has 0 aromatic heterocycles. The van der Waals surface area contributed by atoms with E-state index in [9.17, 15) is 13.2 Å². The van der Waals surface area contributed by atoms with Crippen LogP contribution in [0.15, 0.2) is 29.2 Å². The van der Waals surface area contributed by atoms with E-state index in [1.165, 1.54) is 25.0 Å². The Balaban J connectivity index is 1.84. The van der Waals surface area contributed by atoms with Crippen LogP contribution in [0.25, 0.3) is 0 Å². The van der Waals surface area contributed by atoms with Gasteiger partial charge >= 0.3 is 0 Å². The van der Waals surface area contributed by atoms with Crippen molar-refractivity contribution < 1.29 is 17.9 Å². The molecular weight excluding hydrogens is 352 g/mol. The van der Waals surface area contributed by atoms with Crippen molar-refractivity contribution >= 4 is 15.9 Å². The molecule has 0 radical (unpaired) electrons. The van der Waals surface area contributed by atoms with Crippen molar-refractivity contribution in [2.75, 3.05) is 6.61 Å². The van der Waals surface area contributed by atoms with E-state index in [0.29, 0.717) is 5.75 Å². The lowest BCUT2D eigenvalue weighted by atomic mass is 10.1. The van der Waals surface area contributed by atoms with Crippen molar-refractivity contribution in [1.29, 1.82) is 0 Å². The van der Waals surface area contributed by atoms with Gasteiger partial charge in [0, 0.05) is 12.1 Å². The predicted octanol–water partition coefficient (Wildman–Crippen LogP) is 2.98. The van der Waals surface area contributed by atoms with Crippen molar-refractivity contribution in [1.82, 2.24) is 10.0 Å². The zero-order valence-electron chi connectivity index (χ0n) is 15.7. The highest BCUT2D eigenvalue weighted by Gasteiger charge is 2.17. The van der Waals surface area contributed by atoms with Crippen molar-refractivity contribution in [2.24, 2.45) is 0 Å². The van der Waals surface area contributed by atoms with Crippen LogP contribution in [0.4, 0.5) is 0 Å². The fourth-order valence-corrected chi connectivity index (χ4v) is 4.30. The maximum Gasteiger partial charge on any atom is 0.258 e. The second kappa shape index (κ2) is 9.92. The number of rotatable bonds is 8. The average Bonchev–Trinajstić information content (AvgIpc) is 2.88. The van der Waals surface area contributed by atoms with E-state index in [-0.39, 0.29) is 29.5 Å². The van der Waals surface area contributed by atoms with Gasteiger partial charge in [-0.05, 0) is 50.5 Å². The summed E-state index contributed by atoms with van der Waals surface area (Å²) in [6.07, 6.45) is 7.58. The fourth-order valence-electron chi connectivity index (χ4n) is 2.97. The van der Waals surface area contributed by atoms with Gasteiger partial charge in [0.05, 0.1) is 4.90 Å². The molecular formula is C19H30N2O4S. The number of ether oxygens (including phenoxy) is 1. The van der Waals surface area contributed by atoms with Crippen LogP contribution in [-0.2, 0) is 14.8 Å². The summed E-state index contributed by atoms with van der Waals surface area (Å²) < 4.78 is 32.5. The van der Waals surface area contributed by atoms with Gasteiger partial charge in [0.2, 0.25) is 10.0 Å².